The number of nitrogens with two attached hydrogens (primary N) is 1. The third-order valence-corrected chi connectivity index (χ3v) is 4.83. The molecule has 1 aromatic heterocycles. The second-order valence-corrected chi connectivity index (χ2v) is 6.78. The molecule has 26 heavy (non-hydrogen) atoms. The van der Waals surface area contributed by atoms with Crippen LogP contribution in [0.2, 0.25) is 0 Å². The Bertz CT molecular complexity index is 573. The topological polar surface area (TPSA) is 107 Å². The van der Waals surface area contributed by atoms with Gasteiger partial charge in [-0.15, -0.1) is 0 Å². The highest BCUT2D eigenvalue weighted by atomic mass is 32.1. The summed E-state index contributed by atoms with van der Waals surface area (Å²) in [6, 6.07) is 0. The van der Waals surface area contributed by atoms with Gasteiger partial charge in [0.05, 0.1) is 45.7 Å². The molecule has 0 saturated carbocycles. The van der Waals surface area contributed by atoms with Crippen LogP contribution in [0.25, 0.3) is 0 Å². The van der Waals surface area contributed by atoms with E-state index in [0.29, 0.717) is 5.00 Å². The van der Waals surface area contributed by atoms with Gasteiger partial charge >= 0.3 is 11.9 Å². The number of carbonyl (C=O) groups is 2. The number of ether oxygens (including phenoxy) is 3. The van der Waals surface area contributed by atoms with Crippen molar-refractivity contribution in [2.24, 2.45) is 11.8 Å². The van der Waals surface area contributed by atoms with E-state index in [1.807, 2.05) is 0 Å². The van der Waals surface area contributed by atoms with Crippen molar-refractivity contribution in [1.82, 2.24) is 9.88 Å². The first-order valence-electron chi connectivity index (χ1n) is 8.65. The van der Waals surface area contributed by atoms with Crippen LogP contribution in [-0.2, 0) is 30.3 Å². The van der Waals surface area contributed by atoms with E-state index >= 15 is 0 Å². The number of hydrogen-bond donors (Lipinski definition) is 1. The Kier molecular flexibility index (Phi) is 8.23. The maximum atomic E-state index is 12.1. The molecule has 10 heteroatoms. The molecular formula is C16H26N4O5S. The second kappa shape index (κ2) is 10.4. The monoisotopic (exact) mass is 386 g/mol. The third-order valence-electron chi connectivity index (χ3n) is 3.81. The van der Waals surface area contributed by atoms with Crippen molar-refractivity contribution in [1.29, 1.82) is 0 Å². The molecule has 0 radical (unpaired) electrons. The Labute approximate surface area is 157 Å². The first kappa shape index (κ1) is 20.6. The summed E-state index contributed by atoms with van der Waals surface area (Å²) in [4.78, 5) is 30.8. The molecule has 146 valence electrons. The van der Waals surface area contributed by atoms with E-state index in [1.165, 1.54) is 16.3 Å². The van der Waals surface area contributed by atoms with Gasteiger partial charge in [0.15, 0.2) is 5.92 Å². The zero-order valence-electron chi connectivity index (χ0n) is 15.2. The van der Waals surface area contributed by atoms with Gasteiger partial charge in [-0.05, 0) is 13.8 Å². The fourth-order valence-electron chi connectivity index (χ4n) is 2.47. The molecule has 2 N–H and O–H groups in total. The Morgan fingerprint density at radius 3 is 2.50 bits per heavy atom. The maximum absolute atomic E-state index is 12.1. The minimum atomic E-state index is -1.09. The van der Waals surface area contributed by atoms with E-state index in [4.69, 9.17) is 20.1 Å². The van der Waals surface area contributed by atoms with Gasteiger partial charge in [0.1, 0.15) is 10.0 Å². The molecule has 9 nitrogen and oxygen atoms in total. The summed E-state index contributed by atoms with van der Waals surface area (Å²) in [5.41, 5.74) is 0. The van der Waals surface area contributed by atoms with Crippen molar-refractivity contribution in [3.63, 3.8) is 0 Å². The minimum Gasteiger partial charge on any atom is -0.465 e. The average molecular weight is 386 g/mol. The fraction of sp³-hybridized carbons (Fsp3) is 0.688. The highest BCUT2D eigenvalue weighted by Crippen LogP contribution is 2.24. The Hall–Kier alpha value is -1.75. The van der Waals surface area contributed by atoms with E-state index in [2.05, 4.69) is 9.88 Å². The number of hydrogen-bond acceptors (Lipinski definition) is 10. The van der Waals surface area contributed by atoms with Gasteiger partial charge in [0.25, 0.3) is 0 Å². The van der Waals surface area contributed by atoms with Crippen LogP contribution in [0.5, 0.6) is 0 Å². The Morgan fingerprint density at radius 2 is 1.92 bits per heavy atom. The lowest BCUT2D eigenvalue weighted by Gasteiger charge is -2.25. The molecule has 0 atom stereocenters. The van der Waals surface area contributed by atoms with Crippen molar-refractivity contribution in [3.8, 4) is 0 Å². The number of morpholine rings is 1. The molecule has 2 rings (SSSR count). The highest BCUT2D eigenvalue weighted by molar-refractivity contribution is 7.15. The summed E-state index contributed by atoms with van der Waals surface area (Å²) in [5, 5.41) is 2.94. The quantitative estimate of drug-likeness (QED) is 0.279. The Balaban J connectivity index is 1.98. The molecule has 0 aromatic carbocycles. The normalized spacial score (nSPS) is 15.1. The number of rotatable bonds is 9. The lowest BCUT2D eigenvalue weighted by molar-refractivity contribution is -0.161. The van der Waals surface area contributed by atoms with Crippen molar-refractivity contribution in [2.75, 3.05) is 51.1 Å². The van der Waals surface area contributed by atoms with Gasteiger partial charge in [-0.25, -0.2) is 10.8 Å². The first-order chi connectivity index (χ1) is 12.5. The lowest BCUT2D eigenvalue weighted by Crippen LogP contribution is -2.42. The number of esters is 2. The molecule has 0 unspecified atom stereocenters. The fourth-order valence-corrected chi connectivity index (χ4v) is 3.37. The lowest BCUT2D eigenvalue weighted by atomic mass is 10.1. The van der Waals surface area contributed by atoms with Crippen LogP contribution in [0.3, 0.4) is 0 Å². The number of thiazole rings is 1. The van der Waals surface area contributed by atoms with Crippen LogP contribution in [0.15, 0.2) is 6.20 Å². The van der Waals surface area contributed by atoms with Crippen LogP contribution in [0.1, 0.15) is 18.9 Å². The van der Waals surface area contributed by atoms with Crippen LogP contribution in [0.4, 0.5) is 5.00 Å². The van der Waals surface area contributed by atoms with Gasteiger partial charge in [0, 0.05) is 13.1 Å². The first-order valence-corrected chi connectivity index (χ1v) is 9.47. The van der Waals surface area contributed by atoms with Crippen LogP contribution in [-0.4, -0.2) is 67.9 Å². The van der Waals surface area contributed by atoms with E-state index in [-0.39, 0.29) is 19.8 Å². The molecule has 1 saturated heterocycles. The van der Waals surface area contributed by atoms with Crippen molar-refractivity contribution in [3.05, 3.63) is 11.2 Å². The van der Waals surface area contributed by atoms with Gasteiger partial charge < -0.3 is 14.2 Å². The van der Waals surface area contributed by atoms with E-state index in [0.717, 1.165) is 37.9 Å². The number of nitrogens with zero attached hydrogens (tertiary/aromatic N) is 3. The predicted octanol–water partition coefficient (Wildman–Crippen LogP) is 0.398. The van der Waals surface area contributed by atoms with Gasteiger partial charge in [-0.1, -0.05) is 11.3 Å². The summed E-state index contributed by atoms with van der Waals surface area (Å²) in [6.45, 7) is 7.61. The minimum absolute atomic E-state index is 0.0309. The number of hydrazine groups is 1. The smallest absolute Gasteiger partial charge is 0.322 e. The summed E-state index contributed by atoms with van der Waals surface area (Å²) < 4.78 is 15.3. The van der Waals surface area contributed by atoms with Crippen LogP contribution in [0, 0.1) is 5.92 Å². The molecule has 1 aliphatic rings. The summed E-state index contributed by atoms with van der Waals surface area (Å²) >= 11 is 1.43. The van der Waals surface area contributed by atoms with Crippen molar-refractivity contribution < 1.29 is 23.8 Å². The average Bonchev–Trinajstić information content (AvgIpc) is 3.09. The molecule has 0 spiro atoms. The number of anilines is 1. The standard InChI is InChI=1S/C16H26N4O5S/c1-3-24-15(21)12(16(22)25-4-2)10-20(17)14-9-18-13(26-14)11-19-5-7-23-8-6-19/h9,12H,3-8,10-11,17H2,1-2H3. The van der Waals surface area contributed by atoms with Crippen molar-refractivity contribution >= 4 is 28.3 Å². The SMILES string of the molecule is CCOC(=O)C(CN(N)c1cnc(CN2CCOCC2)s1)C(=O)OCC. The van der Waals surface area contributed by atoms with Crippen LogP contribution < -0.4 is 10.9 Å². The van der Waals surface area contributed by atoms with Gasteiger partial charge in [-0.3, -0.25) is 19.5 Å². The number of carbonyl (C=O) groups excluding carboxylic acids is 2. The predicted molar refractivity (Wildman–Crippen MR) is 96.5 cm³/mol. The molecule has 2 heterocycles. The molecule has 0 bridgehead atoms. The molecule has 1 aromatic rings. The molecular weight excluding hydrogens is 360 g/mol. The zero-order valence-corrected chi connectivity index (χ0v) is 16.0. The summed E-state index contributed by atoms with van der Waals surface area (Å²) in [5.74, 6) is 3.69. The van der Waals surface area contributed by atoms with Crippen molar-refractivity contribution in [2.45, 2.75) is 20.4 Å². The maximum Gasteiger partial charge on any atom is 0.322 e. The van der Waals surface area contributed by atoms with E-state index in [9.17, 15) is 9.59 Å². The second-order valence-electron chi connectivity index (χ2n) is 5.69. The zero-order chi connectivity index (χ0) is 18.9. The van der Waals surface area contributed by atoms with Crippen LogP contribution >= 0.6 is 11.3 Å². The highest BCUT2D eigenvalue weighted by Gasteiger charge is 2.31. The Morgan fingerprint density at radius 1 is 1.31 bits per heavy atom. The largest absolute Gasteiger partial charge is 0.465 e. The summed E-state index contributed by atoms with van der Waals surface area (Å²) in [7, 11) is 0. The molecule has 0 amide bonds. The number of aromatic nitrogens is 1. The van der Waals surface area contributed by atoms with E-state index in [1.54, 1.807) is 20.0 Å². The molecule has 1 aliphatic heterocycles. The molecule has 0 aliphatic carbocycles. The molecule has 1 fully saturated rings. The van der Waals surface area contributed by atoms with E-state index < -0.39 is 17.9 Å². The van der Waals surface area contributed by atoms with Gasteiger partial charge in [-0.2, -0.15) is 0 Å². The van der Waals surface area contributed by atoms with Gasteiger partial charge in [0.2, 0.25) is 0 Å². The summed E-state index contributed by atoms with van der Waals surface area (Å²) in [6.07, 6.45) is 1.65. The third kappa shape index (κ3) is 5.90.